The van der Waals surface area contributed by atoms with Crippen LogP contribution in [0.3, 0.4) is 0 Å². The fourth-order valence-corrected chi connectivity index (χ4v) is 12.4. The molecule has 4 atom stereocenters. The predicted octanol–water partition coefficient (Wildman–Crippen LogP) is 8.71. The van der Waals surface area contributed by atoms with Crippen molar-refractivity contribution in [1.82, 2.24) is 23.6 Å². The third-order valence-electron chi connectivity index (χ3n) is 11.5. The van der Waals surface area contributed by atoms with Gasteiger partial charge in [-0.2, -0.15) is 0 Å². The molecule has 352 valence electrons. The van der Waals surface area contributed by atoms with E-state index in [1.165, 1.54) is 10.8 Å². The summed E-state index contributed by atoms with van der Waals surface area (Å²) >= 11 is 0. The summed E-state index contributed by atoms with van der Waals surface area (Å²) in [5.41, 5.74) is 0.691. The van der Waals surface area contributed by atoms with Crippen LogP contribution >= 0.6 is 16.2 Å². The monoisotopic (exact) mass is 925 g/mol. The van der Waals surface area contributed by atoms with E-state index in [2.05, 4.69) is 37.3 Å². The minimum atomic E-state index is -3.33. The van der Waals surface area contributed by atoms with Crippen LogP contribution in [0.4, 0.5) is 0 Å². The highest BCUT2D eigenvalue weighted by atomic mass is 31.2. The molecule has 15 nitrogen and oxygen atoms in total. The maximum atomic E-state index is 14.5. The van der Waals surface area contributed by atoms with Gasteiger partial charge in [0.15, 0.2) is 0 Å². The first-order valence-electron chi connectivity index (χ1n) is 22.3. The fraction of sp³-hybridized carbons (Fsp3) is 0.532. The molecule has 1 aromatic heterocycles. The largest absolute Gasteiger partial charge is 0.497 e. The van der Waals surface area contributed by atoms with Gasteiger partial charge in [0, 0.05) is 56.4 Å². The van der Waals surface area contributed by atoms with E-state index in [9.17, 15) is 14.2 Å². The fourth-order valence-electron chi connectivity index (χ4n) is 8.23. The molecule has 5 rings (SSSR count). The number of hydrogen-bond donors (Lipinski definition) is 1. The van der Waals surface area contributed by atoms with Gasteiger partial charge >= 0.3 is 13.4 Å². The summed E-state index contributed by atoms with van der Waals surface area (Å²) in [6, 6.07) is 25.6. The number of rotatable bonds is 25. The van der Waals surface area contributed by atoms with Crippen molar-refractivity contribution in [3.8, 4) is 11.5 Å². The van der Waals surface area contributed by atoms with E-state index in [4.69, 9.17) is 32.5 Å². The molecule has 0 saturated carbocycles. The lowest BCUT2D eigenvalue weighted by Crippen LogP contribution is -2.40. The van der Waals surface area contributed by atoms with Crippen molar-refractivity contribution >= 4 is 16.2 Å². The Morgan fingerprint density at radius 2 is 1.31 bits per heavy atom. The molecular formula is C47H69N5O10P2. The predicted molar refractivity (Wildman–Crippen MR) is 252 cm³/mol. The average Bonchev–Trinajstić information content (AvgIpc) is 3.69. The molecule has 17 heteroatoms. The summed E-state index contributed by atoms with van der Waals surface area (Å²) in [5, 5.41) is 0. The highest BCUT2D eigenvalue weighted by molar-refractivity contribution is 7.54. The number of aromatic nitrogens is 2. The molecule has 0 aliphatic carbocycles. The summed E-state index contributed by atoms with van der Waals surface area (Å²) in [6.07, 6.45) is -0.445. The summed E-state index contributed by atoms with van der Waals surface area (Å²) in [4.78, 5) is 28.3. The van der Waals surface area contributed by atoms with Crippen molar-refractivity contribution in [3.63, 3.8) is 0 Å². The van der Waals surface area contributed by atoms with E-state index < -0.39 is 51.5 Å². The molecule has 1 aliphatic rings. The Morgan fingerprint density at radius 1 is 0.797 bits per heavy atom. The van der Waals surface area contributed by atoms with Gasteiger partial charge in [-0.1, -0.05) is 82.3 Å². The van der Waals surface area contributed by atoms with Gasteiger partial charge in [0.05, 0.1) is 40.1 Å². The van der Waals surface area contributed by atoms with Gasteiger partial charge in [0.2, 0.25) is 0 Å². The molecule has 1 N–H and O–H groups in total. The highest BCUT2D eigenvalue weighted by Crippen LogP contribution is 2.55. The number of aryl methyl sites for hydroxylation is 1. The maximum absolute atomic E-state index is 14.5. The van der Waals surface area contributed by atoms with Crippen LogP contribution in [0.5, 0.6) is 11.5 Å². The van der Waals surface area contributed by atoms with Gasteiger partial charge in [0.1, 0.15) is 29.4 Å². The van der Waals surface area contributed by atoms with E-state index >= 15 is 0 Å². The number of H-pyrrole nitrogens is 1. The van der Waals surface area contributed by atoms with E-state index in [0.29, 0.717) is 43.2 Å². The van der Waals surface area contributed by atoms with E-state index in [0.717, 1.165) is 16.7 Å². The molecule has 1 aliphatic heterocycles. The Bertz CT molecular complexity index is 2130. The molecule has 1 fully saturated rings. The number of benzene rings is 3. The zero-order valence-electron chi connectivity index (χ0n) is 39.4. The number of aromatic amines is 1. The first-order valence-corrected chi connectivity index (χ1v) is 25.0. The van der Waals surface area contributed by atoms with Crippen molar-refractivity contribution in [2.45, 2.75) is 105 Å². The van der Waals surface area contributed by atoms with E-state index in [-0.39, 0.29) is 38.3 Å². The van der Waals surface area contributed by atoms with Crippen molar-refractivity contribution in [3.05, 3.63) is 128 Å². The summed E-state index contributed by atoms with van der Waals surface area (Å²) in [6.45, 7) is 20.4. The highest BCUT2D eigenvalue weighted by Gasteiger charge is 2.45. The number of hydrogen-bond acceptors (Lipinski definition) is 11. The third-order valence-corrected chi connectivity index (χ3v) is 16.7. The molecule has 0 spiro atoms. The molecule has 0 radical (unpaired) electrons. The number of ether oxygens (including phenoxy) is 4. The molecule has 0 amide bonds. The Hall–Kier alpha value is -3.72. The summed E-state index contributed by atoms with van der Waals surface area (Å²) in [5.74, 6) is 1.39. The Balaban J connectivity index is 1.56. The van der Waals surface area contributed by atoms with Crippen LogP contribution in [0.15, 0.2) is 94.6 Å². The minimum absolute atomic E-state index is 0.0117. The maximum Gasteiger partial charge on any atom is 0.346 e. The second-order valence-electron chi connectivity index (χ2n) is 16.0. The second-order valence-corrected chi connectivity index (χ2v) is 19.8. The first-order chi connectivity index (χ1) is 30.7. The van der Waals surface area contributed by atoms with Gasteiger partial charge in [-0.3, -0.25) is 18.9 Å². The van der Waals surface area contributed by atoms with Gasteiger partial charge in [-0.25, -0.2) is 18.8 Å². The standard InChI is InChI=1S/C47H69N5O10P2/c1-12-49(13-2)64(55,50(14-3)15-4)60-30-29-59-63(52(34(5)6)35(7)8)62-42-31-44(51-32-36(9)45(53)48-46(51)54)61-43(42)33-58-47(37-19-17-16-18-20-37,38-21-25-40(56-10)26-22-38)39-23-27-41(57-11)28-24-39/h16-28,32,34-35,42-44H,12-15,29-31,33H2,1-11H3,(H,48,53,54). The summed E-state index contributed by atoms with van der Waals surface area (Å²) < 4.78 is 67.1. The molecule has 3 aromatic carbocycles. The van der Waals surface area contributed by atoms with E-state index in [1.54, 1.807) is 21.1 Å². The topological polar surface area (TPSA) is 146 Å². The lowest BCUT2D eigenvalue weighted by molar-refractivity contribution is -0.0926. The summed E-state index contributed by atoms with van der Waals surface area (Å²) in [7, 11) is -1.87. The van der Waals surface area contributed by atoms with Crippen LogP contribution in [0.1, 0.15) is 90.3 Å². The quantitative estimate of drug-likeness (QED) is 0.0385. The normalized spacial score (nSPS) is 17.6. The Morgan fingerprint density at radius 3 is 1.80 bits per heavy atom. The van der Waals surface area contributed by atoms with Crippen LogP contribution in [0, 0.1) is 6.92 Å². The van der Waals surface area contributed by atoms with Crippen LogP contribution in [-0.2, 0) is 33.2 Å². The van der Waals surface area contributed by atoms with Crippen LogP contribution in [0.2, 0.25) is 0 Å². The molecular weight excluding hydrogens is 856 g/mol. The molecule has 2 heterocycles. The van der Waals surface area contributed by atoms with Crippen LogP contribution in [0.25, 0.3) is 0 Å². The Kier molecular flexibility index (Phi) is 18.9. The third kappa shape index (κ3) is 11.6. The second kappa shape index (κ2) is 23.6. The average molecular weight is 926 g/mol. The zero-order valence-corrected chi connectivity index (χ0v) is 41.2. The molecule has 64 heavy (non-hydrogen) atoms. The van der Waals surface area contributed by atoms with Crippen molar-refractivity contribution in [2.75, 3.05) is 60.2 Å². The number of nitrogens with zero attached hydrogens (tertiary/aromatic N) is 4. The van der Waals surface area contributed by atoms with Gasteiger partial charge in [-0.15, -0.1) is 0 Å². The smallest absolute Gasteiger partial charge is 0.346 e. The van der Waals surface area contributed by atoms with Crippen LogP contribution in [-0.4, -0.2) is 108 Å². The van der Waals surface area contributed by atoms with Crippen molar-refractivity contribution in [1.29, 1.82) is 0 Å². The first kappa shape index (κ1) is 51.3. The van der Waals surface area contributed by atoms with Gasteiger partial charge in [0.25, 0.3) is 14.1 Å². The van der Waals surface area contributed by atoms with Crippen molar-refractivity contribution in [2.24, 2.45) is 0 Å². The molecule has 1 saturated heterocycles. The van der Waals surface area contributed by atoms with Crippen LogP contribution < -0.4 is 20.7 Å². The molecule has 4 unspecified atom stereocenters. The lowest BCUT2D eigenvalue weighted by atomic mass is 9.80. The number of nitrogens with one attached hydrogen (secondary N) is 1. The van der Waals surface area contributed by atoms with Gasteiger partial charge in [-0.05, 0) is 75.6 Å². The zero-order chi connectivity index (χ0) is 46.6. The molecule has 0 bridgehead atoms. The minimum Gasteiger partial charge on any atom is -0.497 e. The lowest BCUT2D eigenvalue weighted by Gasteiger charge is -2.39. The van der Waals surface area contributed by atoms with E-state index in [1.807, 2.05) is 116 Å². The SMILES string of the molecule is CCN(CC)P(=O)(OCCOP(OC1CC(n2cc(C)c(=O)[nH]c2=O)OC1COC(c1ccccc1)(c1ccc(OC)cc1)c1ccc(OC)cc1)N(C(C)C)C(C)C)N(CC)CC. The Labute approximate surface area is 380 Å². The van der Waals surface area contributed by atoms with Gasteiger partial charge < -0.3 is 32.5 Å². The van der Waals surface area contributed by atoms with Crippen molar-refractivity contribution < 1.29 is 37.1 Å². The molecule has 4 aromatic rings. The number of methoxy groups -OCH3 is 2.